The summed E-state index contributed by atoms with van der Waals surface area (Å²) >= 11 is 4.36. The molecule has 1 saturated heterocycles. The van der Waals surface area contributed by atoms with Crippen LogP contribution in [0.4, 0.5) is 0 Å². The third-order valence-electron chi connectivity index (χ3n) is 3.15. The van der Waals surface area contributed by atoms with Gasteiger partial charge in [-0.3, -0.25) is 9.69 Å². The van der Waals surface area contributed by atoms with Gasteiger partial charge in [0, 0.05) is 43.4 Å². The molecule has 1 unspecified atom stereocenters. The van der Waals surface area contributed by atoms with Crippen LogP contribution in [0.15, 0.2) is 0 Å². The lowest BCUT2D eigenvalue weighted by atomic mass is 10.2. The molecule has 0 N–H and O–H groups in total. The summed E-state index contributed by atoms with van der Waals surface area (Å²) in [6.45, 7) is 11.4. The molecule has 0 aliphatic carbocycles. The number of hydrogen-bond acceptors (Lipinski definition) is 3. The van der Waals surface area contributed by atoms with Crippen LogP contribution in [-0.2, 0) is 4.79 Å². The van der Waals surface area contributed by atoms with E-state index in [1.54, 1.807) is 0 Å². The number of nitrogens with zero attached hydrogens (tertiary/aromatic N) is 2. The first-order valence-electron chi connectivity index (χ1n) is 6.13. The fraction of sp³-hybridized carbons (Fsp3) is 0.917. The van der Waals surface area contributed by atoms with Gasteiger partial charge in [-0.2, -0.15) is 12.6 Å². The molecule has 1 aliphatic rings. The Morgan fingerprint density at radius 2 is 1.94 bits per heavy atom. The topological polar surface area (TPSA) is 23.6 Å². The van der Waals surface area contributed by atoms with Crippen LogP contribution >= 0.6 is 12.6 Å². The molecule has 4 heteroatoms. The SMILES string of the molecule is CC(C)N(CCN1CC(S)CC1=O)C(C)C. The van der Waals surface area contributed by atoms with Crippen LogP contribution in [0.3, 0.4) is 0 Å². The second-order valence-electron chi connectivity index (χ2n) is 5.12. The highest BCUT2D eigenvalue weighted by molar-refractivity contribution is 7.81. The molecule has 1 atom stereocenters. The quantitative estimate of drug-likeness (QED) is 0.743. The van der Waals surface area contributed by atoms with Crippen molar-refractivity contribution < 1.29 is 4.79 Å². The van der Waals surface area contributed by atoms with Crippen LogP contribution < -0.4 is 0 Å². The van der Waals surface area contributed by atoms with Crippen molar-refractivity contribution in [3.63, 3.8) is 0 Å². The van der Waals surface area contributed by atoms with Gasteiger partial charge in [0.2, 0.25) is 5.91 Å². The predicted molar refractivity (Wildman–Crippen MR) is 70.9 cm³/mol. The van der Waals surface area contributed by atoms with Crippen LogP contribution in [-0.4, -0.2) is 52.7 Å². The van der Waals surface area contributed by atoms with Crippen LogP contribution in [0.2, 0.25) is 0 Å². The zero-order valence-corrected chi connectivity index (χ0v) is 11.7. The molecule has 0 radical (unpaired) electrons. The third-order valence-corrected chi connectivity index (χ3v) is 3.49. The molecular formula is C12H24N2OS. The molecule has 1 amide bonds. The zero-order valence-electron chi connectivity index (χ0n) is 10.8. The Hall–Kier alpha value is -0.220. The minimum atomic E-state index is 0.235. The molecule has 0 aromatic rings. The fourth-order valence-corrected chi connectivity index (χ4v) is 2.67. The molecule has 0 bridgehead atoms. The van der Waals surface area contributed by atoms with Crippen LogP contribution in [0.5, 0.6) is 0 Å². The van der Waals surface area contributed by atoms with Crippen molar-refractivity contribution in [2.24, 2.45) is 0 Å². The Morgan fingerprint density at radius 1 is 1.38 bits per heavy atom. The van der Waals surface area contributed by atoms with Gasteiger partial charge in [0.1, 0.15) is 0 Å². The Morgan fingerprint density at radius 3 is 2.31 bits per heavy atom. The molecule has 1 heterocycles. The van der Waals surface area contributed by atoms with Gasteiger partial charge in [-0.1, -0.05) is 0 Å². The summed E-state index contributed by atoms with van der Waals surface area (Å²) in [4.78, 5) is 16.0. The number of amides is 1. The molecule has 0 saturated carbocycles. The van der Waals surface area contributed by atoms with Crippen molar-refractivity contribution >= 4 is 18.5 Å². The maximum atomic E-state index is 11.6. The first kappa shape index (κ1) is 13.8. The number of carbonyl (C=O) groups is 1. The van der Waals surface area contributed by atoms with E-state index in [0.717, 1.165) is 19.6 Å². The molecule has 1 fully saturated rings. The highest BCUT2D eigenvalue weighted by Crippen LogP contribution is 2.16. The van der Waals surface area contributed by atoms with Crippen molar-refractivity contribution in [1.29, 1.82) is 0 Å². The van der Waals surface area contributed by atoms with E-state index in [-0.39, 0.29) is 11.2 Å². The van der Waals surface area contributed by atoms with E-state index >= 15 is 0 Å². The van der Waals surface area contributed by atoms with Gasteiger partial charge in [-0.05, 0) is 27.7 Å². The molecule has 0 aromatic carbocycles. The van der Waals surface area contributed by atoms with Gasteiger partial charge in [-0.25, -0.2) is 0 Å². The lowest BCUT2D eigenvalue weighted by molar-refractivity contribution is -0.128. The summed E-state index contributed by atoms with van der Waals surface area (Å²) in [5, 5.41) is 0.235. The van der Waals surface area contributed by atoms with E-state index in [1.807, 2.05) is 4.90 Å². The minimum absolute atomic E-state index is 0.235. The summed E-state index contributed by atoms with van der Waals surface area (Å²) in [5.41, 5.74) is 0. The molecule has 16 heavy (non-hydrogen) atoms. The molecule has 94 valence electrons. The Bertz CT molecular complexity index is 235. The summed E-state index contributed by atoms with van der Waals surface area (Å²) in [7, 11) is 0. The minimum Gasteiger partial charge on any atom is -0.340 e. The van der Waals surface area contributed by atoms with E-state index in [4.69, 9.17) is 0 Å². The summed E-state index contributed by atoms with van der Waals surface area (Å²) in [6.07, 6.45) is 0.604. The maximum absolute atomic E-state index is 11.6. The van der Waals surface area contributed by atoms with Crippen molar-refractivity contribution in [1.82, 2.24) is 9.80 Å². The number of hydrogen-bond donors (Lipinski definition) is 1. The average Bonchev–Trinajstić information content (AvgIpc) is 2.44. The molecule has 1 aliphatic heterocycles. The number of likely N-dealkylation sites (tertiary alicyclic amines) is 1. The molecular weight excluding hydrogens is 220 g/mol. The maximum Gasteiger partial charge on any atom is 0.223 e. The van der Waals surface area contributed by atoms with Gasteiger partial charge in [0.05, 0.1) is 0 Å². The van der Waals surface area contributed by atoms with Crippen molar-refractivity contribution in [2.45, 2.75) is 51.4 Å². The van der Waals surface area contributed by atoms with Gasteiger partial charge < -0.3 is 4.90 Å². The monoisotopic (exact) mass is 244 g/mol. The van der Waals surface area contributed by atoms with E-state index in [1.165, 1.54) is 0 Å². The number of rotatable bonds is 5. The van der Waals surface area contributed by atoms with Crippen LogP contribution in [0.25, 0.3) is 0 Å². The molecule has 0 aromatic heterocycles. The van der Waals surface area contributed by atoms with E-state index in [2.05, 4.69) is 45.2 Å². The highest BCUT2D eigenvalue weighted by atomic mass is 32.1. The van der Waals surface area contributed by atoms with E-state index in [0.29, 0.717) is 18.5 Å². The third kappa shape index (κ3) is 3.67. The highest BCUT2D eigenvalue weighted by Gasteiger charge is 2.27. The fourth-order valence-electron chi connectivity index (χ4n) is 2.32. The normalized spacial score (nSPS) is 21.9. The predicted octanol–water partition coefficient (Wildman–Crippen LogP) is 1.64. The van der Waals surface area contributed by atoms with E-state index < -0.39 is 0 Å². The van der Waals surface area contributed by atoms with Crippen LogP contribution in [0.1, 0.15) is 34.1 Å². The second-order valence-corrected chi connectivity index (χ2v) is 5.85. The lowest BCUT2D eigenvalue weighted by Crippen LogP contribution is -2.43. The molecule has 3 nitrogen and oxygen atoms in total. The van der Waals surface area contributed by atoms with Gasteiger partial charge in [0.25, 0.3) is 0 Å². The molecule has 0 spiro atoms. The summed E-state index contributed by atoms with van der Waals surface area (Å²) in [6, 6.07) is 1.06. The van der Waals surface area contributed by atoms with Gasteiger partial charge >= 0.3 is 0 Å². The summed E-state index contributed by atoms with van der Waals surface area (Å²) < 4.78 is 0. The van der Waals surface area contributed by atoms with E-state index in [9.17, 15) is 4.79 Å². The Kier molecular flexibility index (Phi) is 5.12. The van der Waals surface area contributed by atoms with Crippen molar-refractivity contribution in [3.05, 3.63) is 0 Å². The van der Waals surface area contributed by atoms with Gasteiger partial charge in [-0.15, -0.1) is 0 Å². The standard InChI is InChI=1S/C12H24N2OS/c1-9(2)14(10(3)4)6-5-13-8-11(16)7-12(13)15/h9-11,16H,5-8H2,1-4H3. The smallest absolute Gasteiger partial charge is 0.223 e. The Balaban J connectivity index is 2.41. The number of thiol groups is 1. The summed E-state index contributed by atoms with van der Waals surface area (Å²) in [5.74, 6) is 0.257. The largest absolute Gasteiger partial charge is 0.340 e. The van der Waals surface area contributed by atoms with Gasteiger partial charge in [0.15, 0.2) is 0 Å². The van der Waals surface area contributed by atoms with Crippen molar-refractivity contribution in [2.75, 3.05) is 19.6 Å². The number of carbonyl (C=O) groups excluding carboxylic acids is 1. The molecule has 1 rings (SSSR count). The first-order valence-corrected chi connectivity index (χ1v) is 6.65. The zero-order chi connectivity index (χ0) is 12.3. The second kappa shape index (κ2) is 5.92. The average molecular weight is 244 g/mol. The Labute approximate surface area is 105 Å². The lowest BCUT2D eigenvalue weighted by Gasteiger charge is -2.32. The first-order chi connectivity index (χ1) is 7.41. The van der Waals surface area contributed by atoms with Crippen LogP contribution in [0, 0.1) is 0 Å². The van der Waals surface area contributed by atoms with Crippen molar-refractivity contribution in [3.8, 4) is 0 Å².